The first-order valence-electron chi connectivity index (χ1n) is 9.82. The Labute approximate surface area is 163 Å². The largest absolute Gasteiger partial charge is 0.496 e. The minimum Gasteiger partial charge on any atom is -0.496 e. The summed E-state index contributed by atoms with van der Waals surface area (Å²) >= 11 is 0. The molecule has 1 aromatic heterocycles. The molecule has 0 bridgehead atoms. The summed E-state index contributed by atoms with van der Waals surface area (Å²) in [4.78, 5) is 11.9. The molecule has 0 N–H and O–H groups in total. The topological polar surface area (TPSA) is 47.5 Å². The summed E-state index contributed by atoms with van der Waals surface area (Å²) in [6.45, 7) is 12.6. The van der Waals surface area contributed by atoms with Crippen LogP contribution in [0, 0.1) is 6.92 Å². The van der Waals surface area contributed by atoms with Crippen molar-refractivity contribution in [3.8, 4) is 23.0 Å². The first-order chi connectivity index (χ1) is 13.0. The molecule has 0 amide bonds. The van der Waals surface area contributed by atoms with Crippen LogP contribution in [-0.4, -0.2) is 37.3 Å². The third kappa shape index (κ3) is 4.71. The van der Waals surface area contributed by atoms with Gasteiger partial charge < -0.3 is 14.4 Å². The Morgan fingerprint density at radius 2 is 1.67 bits per heavy atom. The van der Waals surface area contributed by atoms with E-state index in [0.717, 1.165) is 48.6 Å². The van der Waals surface area contributed by atoms with E-state index in [4.69, 9.17) is 19.4 Å². The molecule has 0 saturated carbocycles. The zero-order valence-electron chi connectivity index (χ0n) is 17.8. The van der Waals surface area contributed by atoms with Crippen molar-refractivity contribution in [1.82, 2.24) is 9.97 Å². The summed E-state index contributed by atoms with van der Waals surface area (Å²) in [6, 6.07) is 6.22. The number of anilines is 1. The molecule has 2 aromatic rings. The van der Waals surface area contributed by atoms with Crippen LogP contribution in [0.4, 0.5) is 5.69 Å². The van der Waals surface area contributed by atoms with Gasteiger partial charge in [0.05, 0.1) is 25.5 Å². The van der Waals surface area contributed by atoms with Gasteiger partial charge in [-0.2, -0.15) is 4.98 Å². The zero-order valence-corrected chi connectivity index (χ0v) is 17.8. The van der Waals surface area contributed by atoms with Crippen LogP contribution in [0.25, 0.3) is 11.4 Å². The Bertz CT molecular complexity index is 753. The highest BCUT2D eigenvalue weighted by Crippen LogP contribution is 2.36. The lowest BCUT2D eigenvalue weighted by molar-refractivity contribution is 0.395. The molecule has 0 fully saturated rings. The number of methoxy groups -OCH3 is 2. The van der Waals surface area contributed by atoms with Crippen molar-refractivity contribution in [2.24, 2.45) is 0 Å². The minimum absolute atomic E-state index is 0.434. The van der Waals surface area contributed by atoms with Gasteiger partial charge in [-0.1, -0.05) is 33.8 Å². The number of hydrogen-bond acceptors (Lipinski definition) is 5. The molecule has 0 spiro atoms. The number of benzene rings is 1. The molecule has 1 heterocycles. The molecule has 5 nitrogen and oxygen atoms in total. The van der Waals surface area contributed by atoms with Gasteiger partial charge in [0.2, 0.25) is 5.88 Å². The van der Waals surface area contributed by atoms with Gasteiger partial charge in [-0.3, -0.25) is 0 Å². The summed E-state index contributed by atoms with van der Waals surface area (Å²) in [5.41, 5.74) is 4.02. The Morgan fingerprint density at radius 3 is 2.19 bits per heavy atom. The highest BCUT2D eigenvalue weighted by Gasteiger charge is 2.20. The molecule has 0 aliphatic rings. The van der Waals surface area contributed by atoms with Gasteiger partial charge >= 0.3 is 0 Å². The second kappa shape index (κ2) is 9.58. The third-order valence-electron chi connectivity index (χ3n) is 4.66. The van der Waals surface area contributed by atoms with Gasteiger partial charge in [-0.05, 0) is 43.4 Å². The first-order valence-corrected chi connectivity index (χ1v) is 9.82. The van der Waals surface area contributed by atoms with Crippen LogP contribution < -0.4 is 14.4 Å². The molecule has 0 unspecified atom stereocenters. The molecular weight excluding hydrogens is 338 g/mol. The molecular formula is C22H33N3O2. The van der Waals surface area contributed by atoms with E-state index in [-0.39, 0.29) is 0 Å². The second-order valence-electron chi connectivity index (χ2n) is 7.09. The molecule has 1 aromatic carbocycles. The van der Waals surface area contributed by atoms with Crippen molar-refractivity contribution in [2.45, 2.75) is 53.4 Å². The van der Waals surface area contributed by atoms with Crippen molar-refractivity contribution in [2.75, 3.05) is 32.2 Å². The fourth-order valence-electron chi connectivity index (χ4n) is 3.29. The third-order valence-corrected chi connectivity index (χ3v) is 4.66. The van der Waals surface area contributed by atoms with Gasteiger partial charge in [0.25, 0.3) is 0 Å². The summed E-state index contributed by atoms with van der Waals surface area (Å²) in [5, 5.41) is 0. The standard InChI is InChI=1S/C22H33N3O2/c1-8-12-25(13-9-2)20-16(5)23-21(24-22(20)27-7)18-11-10-17(15(3)4)14-19(18)26-6/h10-11,14-15H,8-9,12-13H2,1-7H3. The highest BCUT2D eigenvalue weighted by molar-refractivity contribution is 5.69. The molecule has 0 saturated heterocycles. The van der Waals surface area contributed by atoms with Gasteiger partial charge in [0, 0.05) is 13.1 Å². The molecule has 0 atom stereocenters. The summed E-state index contributed by atoms with van der Waals surface area (Å²) in [6.07, 6.45) is 2.13. The van der Waals surface area contributed by atoms with E-state index in [1.807, 2.05) is 13.0 Å². The van der Waals surface area contributed by atoms with E-state index in [9.17, 15) is 0 Å². The lowest BCUT2D eigenvalue weighted by atomic mass is 10.0. The maximum Gasteiger partial charge on any atom is 0.241 e. The van der Waals surface area contributed by atoms with E-state index in [2.05, 4.69) is 44.7 Å². The molecule has 0 aliphatic carbocycles. The molecule has 5 heteroatoms. The van der Waals surface area contributed by atoms with Crippen molar-refractivity contribution in [3.05, 3.63) is 29.5 Å². The molecule has 148 valence electrons. The summed E-state index contributed by atoms with van der Waals surface area (Å²) < 4.78 is 11.3. The normalized spacial score (nSPS) is 11.0. The number of aryl methyl sites for hydroxylation is 1. The van der Waals surface area contributed by atoms with Crippen molar-refractivity contribution < 1.29 is 9.47 Å². The van der Waals surface area contributed by atoms with Gasteiger partial charge in [-0.15, -0.1) is 0 Å². The maximum atomic E-state index is 5.66. The zero-order chi connectivity index (χ0) is 20.0. The Balaban J connectivity index is 2.56. The van der Waals surface area contributed by atoms with Crippen LogP contribution in [0.1, 0.15) is 57.7 Å². The average Bonchev–Trinajstić information content (AvgIpc) is 2.66. The van der Waals surface area contributed by atoms with Gasteiger partial charge in [0.1, 0.15) is 11.4 Å². The number of nitrogens with zero attached hydrogens (tertiary/aromatic N) is 3. The van der Waals surface area contributed by atoms with Gasteiger partial charge in [-0.25, -0.2) is 4.98 Å². The van der Waals surface area contributed by atoms with Crippen molar-refractivity contribution in [1.29, 1.82) is 0 Å². The maximum absolute atomic E-state index is 5.66. The Kier molecular flexibility index (Phi) is 7.45. The van der Waals surface area contributed by atoms with E-state index >= 15 is 0 Å². The minimum atomic E-state index is 0.434. The monoisotopic (exact) mass is 371 g/mol. The summed E-state index contributed by atoms with van der Waals surface area (Å²) in [5.74, 6) is 2.47. The molecule has 2 rings (SSSR count). The quantitative estimate of drug-likeness (QED) is 0.605. The molecule has 0 radical (unpaired) electrons. The van der Waals surface area contributed by atoms with Crippen LogP contribution in [-0.2, 0) is 0 Å². The molecule has 0 aliphatic heterocycles. The molecule has 27 heavy (non-hydrogen) atoms. The van der Waals surface area contributed by atoms with E-state index in [0.29, 0.717) is 17.6 Å². The number of aromatic nitrogens is 2. The smallest absolute Gasteiger partial charge is 0.241 e. The first kappa shape index (κ1) is 21.0. The Morgan fingerprint density at radius 1 is 1.00 bits per heavy atom. The van der Waals surface area contributed by atoms with Crippen LogP contribution in [0.15, 0.2) is 18.2 Å². The predicted molar refractivity (Wildman–Crippen MR) is 112 cm³/mol. The predicted octanol–water partition coefficient (Wildman–Crippen LogP) is 5.22. The SMILES string of the molecule is CCCN(CCC)c1c(C)nc(-c2ccc(C(C)C)cc2OC)nc1OC. The van der Waals surface area contributed by atoms with Crippen molar-refractivity contribution in [3.63, 3.8) is 0 Å². The van der Waals surface area contributed by atoms with Gasteiger partial charge in [0.15, 0.2) is 5.82 Å². The lowest BCUT2D eigenvalue weighted by Crippen LogP contribution is -2.27. The fraction of sp³-hybridized carbons (Fsp3) is 0.545. The lowest BCUT2D eigenvalue weighted by Gasteiger charge is -2.26. The number of rotatable bonds is 9. The van der Waals surface area contributed by atoms with Crippen molar-refractivity contribution >= 4 is 5.69 Å². The highest BCUT2D eigenvalue weighted by atomic mass is 16.5. The Hall–Kier alpha value is -2.30. The van der Waals surface area contributed by atoms with E-state index < -0.39 is 0 Å². The average molecular weight is 372 g/mol. The fourth-order valence-corrected chi connectivity index (χ4v) is 3.29. The van der Waals surface area contributed by atoms with Crippen LogP contribution in [0.5, 0.6) is 11.6 Å². The van der Waals surface area contributed by atoms with Crippen LogP contribution in [0.3, 0.4) is 0 Å². The van der Waals surface area contributed by atoms with E-state index in [1.165, 1.54) is 5.56 Å². The van der Waals surface area contributed by atoms with Crippen LogP contribution in [0.2, 0.25) is 0 Å². The second-order valence-corrected chi connectivity index (χ2v) is 7.09. The number of hydrogen-bond donors (Lipinski definition) is 0. The van der Waals surface area contributed by atoms with E-state index in [1.54, 1.807) is 14.2 Å². The number of ether oxygens (including phenoxy) is 2. The summed E-state index contributed by atoms with van der Waals surface area (Å²) in [7, 11) is 3.36. The van der Waals surface area contributed by atoms with Crippen LogP contribution >= 0.6 is 0 Å².